The van der Waals surface area contributed by atoms with Gasteiger partial charge < -0.3 is 0 Å². The second-order valence-corrected chi connectivity index (χ2v) is 8.38. The summed E-state index contributed by atoms with van der Waals surface area (Å²) in [4.78, 5) is 18.0. The summed E-state index contributed by atoms with van der Waals surface area (Å²) >= 11 is 3.24. The normalized spacial score (nSPS) is 20.8. The maximum absolute atomic E-state index is 12.8. The summed E-state index contributed by atoms with van der Waals surface area (Å²) in [6.45, 7) is 1.49. The molecule has 1 aromatic carbocycles. The van der Waals surface area contributed by atoms with Gasteiger partial charge in [-0.05, 0) is 23.4 Å². The van der Waals surface area contributed by atoms with Gasteiger partial charge in [-0.15, -0.1) is 11.3 Å². The van der Waals surface area contributed by atoms with Crippen LogP contribution in [-0.2, 0) is 11.2 Å². The number of nitriles is 1. The van der Waals surface area contributed by atoms with Crippen LogP contribution in [0.2, 0.25) is 0 Å². The summed E-state index contributed by atoms with van der Waals surface area (Å²) in [5.74, 6) is 0.852. The van der Waals surface area contributed by atoms with Gasteiger partial charge in [0, 0.05) is 23.8 Å². The molecular formula is C20H19N3OS2. The van der Waals surface area contributed by atoms with E-state index in [2.05, 4.69) is 35.2 Å². The second-order valence-electron chi connectivity index (χ2n) is 6.47. The number of carbonyl (C=O) groups excluding carboxylic acids is 1. The molecular weight excluding hydrogens is 362 g/mol. The predicted molar refractivity (Wildman–Crippen MR) is 105 cm³/mol. The van der Waals surface area contributed by atoms with Crippen LogP contribution in [0.4, 0.5) is 0 Å². The Kier molecular flexibility index (Phi) is 5.11. The number of hydrogen-bond acceptors (Lipinski definition) is 5. The zero-order chi connectivity index (χ0) is 17.9. The van der Waals surface area contributed by atoms with Gasteiger partial charge in [-0.25, -0.2) is 0 Å². The Bertz CT molecular complexity index is 855. The van der Waals surface area contributed by atoms with E-state index in [1.807, 2.05) is 28.5 Å². The van der Waals surface area contributed by atoms with Crippen LogP contribution in [0.3, 0.4) is 0 Å². The monoisotopic (exact) mass is 381 g/mol. The Balaban J connectivity index is 1.50. The number of amides is 1. The molecule has 1 unspecified atom stereocenters. The van der Waals surface area contributed by atoms with Gasteiger partial charge in [-0.2, -0.15) is 5.26 Å². The van der Waals surface area contributed by atoms with Crippen molar-refractivity contribution in [2.24, 2.45) is 0 Å². The van der Waals surface area contributed by atoms with Crippen LogP contribution in [0.15, 0.2) is 58.4 Å². The molecule has 0 saturated carbocycles. The van der Waals surface area contributed by atoms with Crippen molar-refractivity contribution in [1.29, 1.82) is 5.26 Å². The Morgan fingerprint density at radius 2 is 2.04 bits per heavy atom. The molecule has 3 heterocycles. The molecule has 0 bridgehead atoms. The minimum Gasteiger partial charge on any atom is -0.292 e. The van der Waals surface area contributed by atoms with E-state index in [-0.39, 0.29) is 11.8 Å². The van der Waals surface area contributed by atoms with E-state index in [0.29, 0.717) is 13.1 Å². The van der Waals surface area contributed by atoms with Crippen LogP contribution in [0.25, 0.3) is 0 Å². The average molecular weight is 382 g/mol. The highest BCUT2D eigenvalue weighted by atomic mass is 32.2. The number of hydrogen-bond donors (Lipinski definition) is 0. The third-order valence-electron chi connectivity index (χ3n) is 4.80. The highest BCUT2D eigenvalue weighted by molar-refractivity contribution is 8.03. The minimum absolute atomic E-state index is 0.0814. The fourth-order valence-electron chi connectivity index (χ4n) is 3.41. The third-order valence-corrected chi connectivity index (χ3v) is 6.99. The van der Waals surface area contributed by atoms with E-state index in [1.54, 1.807) is 23.1 Å². The average Bonchev–Trinajstić information content (AvgIpc) is 3.22. The first-order valence-corrected chi connectivity index (χ1v) is 10.5. The highest BCUT2D eigenvalue weighted by Gasteiger charge is 2.38. The number of nitrogens with zero attached hydrogens (tertiary/aromatic N) is 3. The topological polar surface area (TPSA) is 47.3 Å². The lowest BCUT2D eigenvalue weighted by Crippen LogP contribution is -2.47. The van der Waals surface area contributed by atoms with E-state index >= 15 is 0 Å². The van der Waals surface area contributed by atoms with Crippen LogP contribution >= 0.6 is 23.1 Å². The summed E-state index contributed by atoms with van der Waals surface area (Å²) in [6.07, 6.45) is 1.35. The van der Waals surface area contributed by atoms with Crippen molar-refractivity contribution in [3.63, 3.8) is 0 Å². The van der Waals surface area contributed by atoms with Crippen molar-refractivity contribution in [2.45, 2.75) is 18.8 Å². The molecule has 2 aliphatic rings. The molecule has 4 rings (SSSR count). The Labute approximate surface area is 161 Å². The van der Waals surface area contributed by atoms with Crippen molar-refractivity contribution < 1.29 is 4.79 Å². The zero-order valence-corrected chi connectivity index (χ0v) is 15.9. The zero-order valence-electron chi connectivity index (χ0n) is 14.3. The molecule has 6 heteroatoms. The van der Waals surface area contributed by atoms with Gasteiger partial charge in [0.1, 0.15) is 0 Å². The lowest BCUT2D eigenvalue weighted by atomic mass is 9.92. The molecule has 1 amide bonds. The summed E-state index contributed by atoms with van der Waals surface area (Å²) < 4.78 is 0. The maximum Gasteiger partial charge on any atom is 0.229 e. The number of thioether (sulfide) groups is 1. The molecule has 0 spiro atoms. The molecule has 0 radical (unpaired) electrons. The van der Waals surface area contributed by atoms with Gasteiger partial charge >= 0.3 is 0 Å². The van der Waals surface area contributed by atoms with Crippen molar-refractivity contribution in [1.82, 2.24) is 9.80 Å². The summed E-state index contributed by atoms with van der Waals surface area (Å²) in [7, 11) is 0. The molecule has 1 saturated heterocycles. The van der Waals surface area contributed by atoms with Gasteiger partial charge in [-0.3, -0.25) is 14.6 Å². The number of allylic oxidation sites excluding steroid dienone is 1. The Morgan fingerprint density at radius 3 is 2.77 bits per heavy atom. The summed E-state index contributed by atoms with van der Waals surface area (Å²) in [5, 5.41) is 12.6. The van der Waals surface area contributed by atoms with Gasteiger partial charge in [0.15, 0.2) is 0 Å². The van der Waals surface area contributed by atoms with Crippen LogP contribution in [0.5, 0.6) is 0 Å². The van der Waals surface area contributed by atoms with Gasteiger partial charge in [0.25, 0.3) is 0 Å². The van der Waals surface area contributed by atoms with Crippen molar-refractivity contribution in [2.75, 3.05) is 19.1 Å². The summed E-state index contributed by atoms with van der Waals surface area (Å²) in [6, 6.07) is 16.8. The molecule has 0 N–H and O–H groups in total. The molecule has 2 aromatic rings. The highest BCUT2D eigenvalue weighted by Crippen LogP contribution is 2.43. The van der Waals surface area contributed by atoms with Crippen molar-refractivity contribution >= 4 is 29.0 Å². The first kappa shape index (κ1) is 17.3. The number of rotatable bonds is 4. The van der Waals surface area contributed by atoms with E-state index in [4.69, 9.17) is 0 Å². The van der Waals surface area contributed by atoms with Gasteiger partial charge in [0.05, 0.1) is 29.2 Å². The molecule has 0 aliphatic carbocycles. The SMILES string of the molecule is N#CC1=C2SCN(CCc3ccccc3)CN2C(=O)CC1c1cccs1. The van der Waals surface area contributed by atoms with Crippen molar-refractivity contribution in [3.05, 3.63) is 68.9 Å². The predicted octanol–water partition coefficient (Wildman–Crippen LogP) is 4.01. The molecule has 1 atom stereocenters. The third kappa shape index (κ3) is 3.43. The molecule has 26 heavy (non-hydrogen) atoms. The quantitative estimate of drug-likeness (QED) is 0.803. The summed E-state index contributed by atoms with van der Waals surface area (Å²) in [5.41, 5.74) is 2.05. The maximum atomic E-state index is 12.8. The van der Waals surface area contributed by atoms with Crippen LogP contribution in [-0.4, -0.2) is 34.8 Å². The van der Waals surface area contributed by atoms with E-state index < -0.39 is 0 Å². The van der Waals surface area contributed by atoms with E-state index in [1.165, 1.54) is 5.56 Å². The number of carbonyl (C=O) groups is 1. The Hall–Kier alpha value is -2.07. The number of thiophene rings is 1. The molecule has 132 valence electrons. The molecule has 1 fully saturated rings. The lowest BCUT2D eigenvalue weighted by molar-refractivity contribution is -0.131. The van der Waals surface area contributed by atoms with E-state index in [0.717, 1.165) is 34.3 Å². The van der Waals surface area contributed by atoms with E-state index in [9.17, 15) is 10.1 Å². The van der Waals surface area contributed by atoms with Gasteiger partial charge in [-0.1, -0.05) is 48.2 Å². The standard InChI is InChI=1S/C20H19N3OS2/c21-12-17-16(18-7-4-10-25-18)11-19(24)23-13-22(14-26-20(17)23)9-8-15-5-2-1-3-6-15/h1-7,10,16H,8-9,11,13-14H2. The molecule has 1 aromatic heterocycles. The second kappa shape index (κ2) is 7.67. The van der Waals surface area contributed by atoms with Crippen LogP contribution in [0, 0.1) is 11.3 Å². The Morgan fingerprint density at radius 1 is 1.19 bits per heavy atom. The van der Waals surface area contributed by atoms with Crippen LogP contribution in [0.1, 0.15) is 22.8 Å². The fraction of sp³-hybridized carbons (Fsp3) is 0.300. The van der Waals surface area contributed by atoms with Crippen LogP contribution < -0.4 is 0 Å². The smallest absolute Gasteiger partial charge is 0.229 e. The van der Waals surface area contributed by atoms with Crippen molar-refractivity contribution in [3.8, 4) is 6.07 Å². The lowest BCUT2D eigenvalue weighted by Gasteiger charge is -2.41. The first-order valence-electron chi connectivity index (χ1n) is 8.63. The number of fused-ring (bicyclic) bond motifs is 1. The minimum atomic E-state index is -0.0814. The first-order chi connectivity index (χ1) is 12.8. The number of benzene rings is 1. The largest absolute Gasteiger partial charge is 0.292 e. The van der Waals surface area contributed by atoms with Gasteiger partial charge in [0.2, 0.25) is 5.91 Å². The molecule has 4 nitrogen and oxygen atoms in total. The molecule has 2 aliphatic heterocycles. The fourth-order valence-corrected chi connectivity index (χ4v) is 5.42.